The SMILES string of the molecule is C=C/C=C(/NC(=O)[C@@H]1C[C@@H](Oc2nccc3cc(F)ccc23)CN1C(=O)[C@@H](NC(=O)OC(C)(C)C)C(C)(C)C)C(=O)NS(=O)(=O)C1CC1. The summed E-state index contributed by atoms with van der Waals surface area (Å²) in [7, 11) is -3.94. The van der Waals surface area contributed by atoms with E-state index in [2.05, 4.69) is 22.2 Å². The minimum absolute atomic E-state index is 0.0660. The van der Waals surface area contributed by atoms with Gasteiger partial charge in [-0.2, -0.15) is 0 Å². The van der Waals surface area contributed by atoms with Crippen LogP contribution in [0, 0.1) is 11.2 Å². The molecule has 0 spiro atoms. The molecule has 2 heterocycles. The summed E-state index contributed by atoms with van der Waals surface area (Å²) in [5.41, 5.74) is -2.09. The number of ether oxygens (including phenoxy) is 2. The van der Waals surface area contributed by atoms with Crippen LogP contribution in [0.5, 0.6) is 5.88 Å². The molecular formula is C33H42FN5O8S. The molecule has 13 nitrogen and oxygen atoms in total. The van der Waals surface area contributed by atoms with Crippen molar-refractivity contribution < 1.29 is 41.5 Å². The van der Waals surface area contributed by atoms with E-state index in [4.69, 9.17) is 9.47 Å². The highest BCUT2D eigenvalue weighted by molar-refractivity contribution is 7.91. The molecule has 2 aromatic rings. The third-order valence-corrected chi connectivity index (χ3v) is 9.39. The summed E-state index contributed by atoms with van der Waals surface area (Å²) in [6.45, 7) is 13.7. The molecule has 4 amide bonds. The number of likely N-dealkylation sites (tertiary alicyclic amines) is 1. The highest BCUT2D eigenvalue weighted by Crippen LogP contribution is 2.31. The first-order valence-corrected chi connectivity index (χ1v) is 17.0. The number of pyridine rings is 1. The van der Waals surface area contributed by atoms with Gasteiger partial charge in [0, 0.05) is 18.0 Å². The van der Waals surface area contributed by atoms with Gasteiger partial charge in [0.25, 0.3) is 5.91 Å². The van der Waals surface area contributed by atoms with Gasteiger partial charge < -0.3 is 25.0 Å². The van der Waals surface area contributed by atoms with Crippen LogP contribution in [0.15, 0.2) is 54.9 Å². The lowest BCUT2D eigenvalue weighted by Gasteiger charge is -2.35. The van der Waals surface area contributed by atoms with Gasteiger partial charge in [-0.25, -0.2) is 27.3 Å². The molecule has 4 rings (SSSR count). The van der Waals surface area contributed by atoms with Crippen molar-refractivity contribution in [3.63, 3.8) is 0 Å². The molecule has 2 aliphatic rings. The molecule has 1 aromatic heterocycles. The van der Waals surface area contributed by atoms with E-state index in [1.165, 1.54) is 35.4 Å². The largest absolute Gasteiger partial charge is 0.472 e. The number of halogens is 1. The predicted molar refractivity (Wildman–Crippen MR) is 175 cm³/mol. The van der Waals surface area contributed by atoms with Crippen molar-refractivity contribution in [2.24, 2.45) is 5.41 Å². The summed E-state index contributed by atoms with van der Waals surface area (Å²) in [5, 5.41) is 5.44. The number of alkyl carbamates (subject to hydrolysis) is 1. The molecule has 1 aliphatic carbocycles. The van der Waals surface area contributed by atoms with E-state index in [-0.39, 0.29) is 18.8 Å². The van der Waals surface area contributed by atoms with Crippen LogP contribution < -0.4 is 20.1 Å². The monoisotopic (exact) mass is 687 g/mol. The number of sulfonamides is 1. The molecule has 0 bridgehead atoms. The van der Waals surface area contributed by atoms with Crippen LogP contribution in [0.4, 0.5) is 9.18 Å². The van der Waals surface area contributed by atoms with Gasteiger partial charge in [0.05, 0.1) is 11.8 Å². The van der Waals surface area contributed by atoms with Crippen LogP contribution in [0.2, 0.25) is 0 Å². The van der Waals surface area contributed by atoms with Gasteiger partial charge in [0.15, 0.2) is 0 Å². The van der Waals surface area contributed by atoms with Crippen LogP contribution in [-0.4, -0.2) is 77.7 Å². The normalized spacial score (nSPS) is 19.3. The third-order valence-electron chi connectivity index (χ3n) is 7.58. The fraction of sp³-hybridized carbons (Fsp3) is 0.485. The first-order chi connectivity index (χ1) is 22.3. The number of benzene rings is 1. The Morgan fingerprint density at radius 2 is 1.79 bits per heavy atom. The zero-order valence-electron chi connectivity index (χ0n) is 27.8. The number of rotatable bonds is 10. The molecule has 0 unspecified atom stereocenters. The molecule has 3 atom stereocenters. The molecule has 2 fully saturated rings. The van der Waals surface area contributed by atoms with E-state index in [0.717, 1.165) is 6.08 Å². The number of nitrogens with one attached hydrogen (secondary N) is 3. The van der Waals surface area contributed by atoms with Crippen molar-refractivity contribution in [1.82, 2.24) is 25.2 Å². The summed E-state index contributed by atoms with van der Waals surface area (Å²) in [5.74, 6) is -2.79. The number of carbonyl (C=O) groups is 4. The van der Waals surface area contributed by atoms with E-state index in [1.54, 1.807) is 47.6 Å². The fourth-order valence-electron chi connectivity index (χ4n) is 5.14. The Hall–Kier alpha value is -4.53. The zero-order valence-corrected chi connectivity index (χ0v) is 28.6. The Balaban J connectivity index is 1.64. The average molecular weight is 688 g/mol. The maximum absolute atomic E-state index is 14.2. The van der Waals surface area contributed by atoms with Gasteiger partial charge in [0.1, 0.15) is 35.3 Å². The van der Waals surface area contributed by atoms with Crippen molar-refractivity contribution in [3.05, 3.63) is 60.7 Å². The van der Waals surface area contributed by atoms with Gasteiger partial charge >= 0.3 is 6.09 Å². The lowest BCUT2D eigenvalue weighted by Crippen LogP contribution is -2.58. The van der Waals surface area contributed by atoms with Crippen LogP contribution in [0.25, 0.3) is 10.8 Å². The second kappa shape index (κ2) is 13.9. The number of allylic oxidation sites excluding steroid dienone is 2. The van der Waals surface area contributed by atoms with Crippen molar-refractivity contribution in [2.45, 2.75) is 89.8 Å². The second-order valence-corrected chi connectivity index (χ2v) is 15.9. The summed E-state index contributed by atoms with van der Waals surface area (Å²) in [6, 6.07) is 3.32. The van der Waals surface area contributed by atoms with E-state index in [9.17, 15) is 32.0 Å². The topological polar surface area (TPSA) is 173 Å². The number of hydrogen-bond acceptors (Lipinski definition) is 9. The fourth-order valence-corrected chi connectivity index (χ4v) is 6.43. The van der Waals surface area contributed by atoms with E-state index in [1.807, 2.05) is 4.72 Å². The number of fused-ring (bicyclic) bond motifs is 1. The van der Waals surface area contributed by atoms with Crippen LogP contribution in [0.3, 0.4) is 0 Å². The molecule has 1 aromatic carbocycles. The van der Waals surface area contributed by atoms with Crippen LogP contribution >= 0.6 is 0 Å². The predicted octanol–water partition coefficient (Wildman–Crippen LogP) is 3.46. The van der Waals surface area contributed by atoms with Crippen LogP contribution in [-0.2, 0) is 29.1 Å². The number of hydrogen-bond donors (Lipinski definition) is 3. The Morgan fingerprint density at radius 1 is 1.10 bits per heavy atom. The highest BCUT2D eigenvalue weighted by Gasteiger charge is 2.47. The Bertz CT molecular complexity index is 1740. The van der Waals surface area contributed by atoms with Gasteiger partial charge in [-0.1, -0.05) is 33.4 Å². The van der Waals surface area contributed by atoms with E-state index < -0.39 is 79.8 Å². The van der Waals surface area contributed by atoms with Gasteiger partial charge in [0.2, 0.25) is 27.7 Å². The van der Waals surface area contributed by atoms with Crippen molar-refractivity contribution in [3.8, 4) is 5.88 Å². The number of aromatic nitrogens is 1. The Labute approximate surface area is 279 Å². The van der Waals surface area contributed by atoms with Gasteiger partial charge in [-0.05, 0) is 74.8 Å². The minimum atomic E-state index is -3.94. The lowest BCUT2D eigenvalue weighted by atomic mass is 9.85. The highest BCUT2D eigenvalue weighted by atomic mass is 32.2. The van der Waals surface area contributed by atoms with Gasteiger partial charge in [-0.15, -0.1) is 0 Å². The van der Waals surface area contributed by atoms with Crippen molar-refractivity contribution in [2.75, 3.05) is 6.54 Å². The average Bonchev–Trinajstić information content (AvgIpc) is 3.75. The molecule has 0 radical (unpaired) electrons. The minimum Gasteiger partial charge on any atom is -0.472 e. The molecule has 1 aliphatic heterocycles. The van der Waals surface area contributed by atoms with Crippen molar-refractivity contribution in [1.29, 1.82) is 0 Å². The van der Waals surface area contributed by atoms with Crippen molar-refractivity contribution >= 4 is 44.6 Å². The summed E-state index contributed by atoms with van der Waals surface area (Å²) in [4.78, 5) is 59.4. The first-order valence-electron chi connectivity index (χ1n) is 15.5. The molecule has 1 saturated heterocycles. The molecule has 260 valence electrons. The lowest BCUT2D eigenvalue weighted by molar-refractivity contribution is -0.142. The number of nitrogens with zero attached hydrogens (tertiary/aromatic N) is 2. The third kappa shape index (κ3) is 9.08. The number of carbonyl (C=O) groups excluding carboxylic acids is 4. The maximum atomic E-state index is 14.2. The molecule has 15 heteroatoms. The Morgan fingerprint density at radius 3 is 2.40 bits per heavy atom. The quantitative estimate of drug-likeness (QED) is 0.250. The van der Waals surface area contributed by atoms with Gasteiger partial charge in [-0.3, -0.25) is 14.4 Å². The maximum Gasteiger partial charge on any atom is 0.408 e. The Kier molecular flexibility index (Phi) is 10.5. The molecule has 48 heavy (non-hydrogen) atoms. The smallest absolute Gasteiger partial charge is 0.408 e. The first kappa shape index (κ1) is 36.3. The molecule has 1 saturated carbocycles. The number of amides is 4. The zero-order chi connectivity index (χ0) is 35.6. The molecular weight excluding hydrogens is 645 g/mol. The summed E-state index contributed by atoms with van der Waals surface area (Å²) < 4.78 is 52.3. The summed E-state index contributed by atoms with van der Waals surface area (Å²) in [6.07, 6.45) is 2.94. The van der Waals surface area contributed by atoms with E-state index >= 15 is 0 Å². The van der Waals surface area contributed by atoms with Crippen LogP contribution in [0.1, 0.15) is 60.8 Å². The van der Waals surface area contributed by atoms with E-state index in [0.29, 0.717) is 23.6 Å². The second-order valence-electron chi connectivity index (χ2n) is 13.9. The summed E-state index contributed by atoms with van der Waals surface area (Å²) >= 11 is 0. The molecule has 3 N–H and O–H groups in total. The standard InChI is InChI=1S/C33H42FN5O8S/c1-8-9-24(27(40)38-48(44,45)22-11-12-22)36-28(41)25-17-21(46-29-23-13-10-20(34)16-19(23)14-15-35-29)18-39(25)30(42)26(32(2,3)4)37-31(43)47-33(5,6)7/h8-10,13-16,21-22,25-26H,1,11-12,17-18H2,2-7H3,(H,36,41)(H,37,43)(H,38,40)/b24-9+/t21-,25+,26-/m1/s1.